The topological polar surface area (TPSA) is 12.4 Å². The third kappa shape index (κ3) is 2.13. The quantitative estimate of drug-likeness (QED) is 0.512. The Balaban J connectivity index is 3.18. The van der Waals surface area contributed by atoms with Gasteiger partial charge in [-0.1, -0.05) is 6.92 Å². The van der Waals surface area contributed by atoms with E-state index < -0.39 is 17.5 Å². The van der Waals surface area contributed by atoms with E-state index in [9.17, 15) is 13.2 Å². The van der Waals surface area contributed by atoms with E-state index in [1.54, 1.807) is 6.92 Å². The predicted octanol–water partition coefficient (Wildman–Crippen LogP) is 3.61. The summed E-state index contributed by atoms with van der Waals surface area (Å²) in [7, 11) is 0. The third-order valence-electron chi connectivity index (χ3n) is 1.84. The van der Waals surface area contributed by atoms with Crippen LogP contribution in [0.15, 0.2) is 17.1 Å². The summed E-state index contributed by atoms with van der Waals surface area (Å²) < 4.78 is 38.3. The van der Waals surface area contributed by atoms with Crippen molar-refractivity contribution in [1.82, 2.24) is 0 Å². The molecule has 0 unspecified atom stereocenters. The lowest BCUT2D eigenvalue weighted by Crippen LogP contribution is -1.92. The molecule has 0 aliphatic rings. The van der Waals surface area contributed by atoms with Crippen molar-refractivity contribution in [2.24, 2.45) is 4.99 Å². The van der Waals surface area contributed by atoms with E-state index in [1.807, 2.05) is 6.92 Å². The molecule has 0 fully saturated rings. The van der Waals surface area contributed by atoms with Gasteiger partial charge in [0.1, 0.15) is 5.69 Å². The molecule has 0 N–H and O–H groups in total. The van der Waals surface area contributed by atoms with Crippen LogP contribution in [0.3, 0.4) is 0 Å². The maximum Gasteiger partial charge on any atom is 0.196 e. The summed E-state index contributed by atoms with van der Waals surface area (Å²) in [6.45, 7) is 3.54. The van der Waals surface area contributed by atoms with Crippen molar-refractivity contribution < 1.29 is 13.2 Å². The van der Waals surface area contributed by atoms with Gasteiger partial charge in [-0.15, -0.1) is 0 Å². The molecule has 1 aromatic carbocycles. The Kier molecular flexibility index (Phi) is 3.28. The van der Waals surface area contributed by atoms with Crippen molar-refractivity contribution in [1.29, 1.82) is 0 Å². The SMILES string of the molecule is CC/C(C)=N/c1ccc(F)c(F)c1F. The van der Waals surface area contributed by atoms with E-state index in [-0.39, 0.29) is 5.69 Å². The van der Waals surface area contributed by atoms with E-state index in [1.165, 1.54) is 0 Å². The van der Waals surface area contributed by atoms with Gasteiger partial charge in [0.05, 0.1) is 0 Å². The molecule has 1 aromatic rings. The van der Waals surface area contributed by atoms with Crippen LogP contribution in [-0.4, -0.2) is 5.71 Å². The first-order valence-corrected chi connectivity index (χ1v) is 4.24. The zero-order valence-electron chi connectivity index (χ0n) is 7.94. The maximum absolute atomic E-state index is 13.0. The molecule has 0 aromatic heterocycles. The zero-order chi connectivity index (χ0) is 10.7. The van der Waals surface area contributed by atoms with Gasteiger partial charge in [0.2, 0.25) is 0 Å². The normalized spacial score (nSPS) is 11.9. The Hall–Kier alpha value is -1.32. The standard InChI is InChI=1S/C10H10F3N/c1-3-6(2)14-8-5-4-7(11)9(12)10(8)13/h4-5H,3H2,1-2H3/b14-6+. The van der Waals surface area contributed by atoms with Gasteiger partial charge in [-0.2, -0.15) is 0 Å². The number of benzene rings is 1. The van der Waals surface area contributed by atoms with Crippen LogP contribution in [-0.2, 0) is 0 Å². The summed E-state index contributed by atoms with van der Waals surface area (Å²) in [5.41, 5.74) is 0.498. The molecule has 0 heterocycles. The monoisotopic (exact) mass is 201 g/mol. The van der Waals surface area contributed by atoms with Gasteiger partial charge in [0.25, 0.3) is 0 Å². The second-order valence-corrected chi connectivity index (χ2v) is 2.90. The molecule has 76 valence electrons. The van der Waals surface area contributed by atoms with Crippen LogP contribution in [0, 0.1) is 17.5 Å². The maximum atomic E-state index is 13.0. The summed E-state index contributed by atoms with van der Waals surface area (Å²) in [4.78, 5) is 3.81. The lowest BCUT2D eigenvalue weighted by Gasteiger charge is -2.00. The number of hydrogen-bond acceptors (Lipinski definition) is 1. The fourth-order valence-electron chi connectivity index (χ4n) is 0.887. The van der Waals surface area contributed by atoms with Crippen LogP contribution in [0.25, 0.3) is 0 Å². The number of rotatable bonds is 2. The number of hydrogen-bond donors (Lipinski definition) is 0. The van der Waals surface area contributed by atoms with Crippen LogP contribution >= 0.6 is 0 Å². The van der Waals surface area contributed by atoms with Gasteiger partial charge in [-0.05, 0) is 25.5 Å². The van der Waals surface area contributed by atoms with Gasteiger partial charge in [0.15, 0.2) is 17.5 Å². The summed E-state index contributed by atoms with van der Waals surface area (Å²) in [6, 6.07) is 1.98. The molecular formula is C10H10F3N. The summed E-state index contributed by atoms with van der Waals surface area (Å²) in [6.07, 6.45) is 0.637. The minimum Gasteiger partial charge on any atom is -0.255 e. The van der Waals surface area contributed by atoms with Crippen LogP contribution < -0.4 is 0 Å². The summed E-state index contributed by atoms with van der Waals surface area (Å²) in [5, 5.41) is 0. The lowest BCUT2D eigenvalue weighted by atomic mass is 10.2. The number of nitrogens with zero attached hydrogens (tertiary/aromatic N) is 1. The summed E-state index contributed by atoms with van der Waals surface area (Å²) in [5.74, 6) is -3.91. The van der Waals surface area contributed by atoms with Crippen LogP contribution in [0.4, 0.5) is 18.9 Å². The van der Waals surface area contributed by atoms with Crippen LogP contribution in [0.2, 0.25) is 0 Å². The molecule has 0 radical (unpaired) electrons. The molecule has 0 bridgehead atoms. The van der Waals surface area contributed by atoms with Gasteiger partial charge in [0, 0.05) is 5.71 Å². The van der Waals surface area contributed by atoms with Crippen molar-refractivity contribution in [3.8, 4) is 0 Å². The molecule has 0 saturated heterocycles. The van der Waals surface area contributed by atoms with E-state index in [0.29, 0.717) is 12.1 Å². The van der Waals surface area contributed by atoms with Crippen molar-refractivity contribution >= 4 is 11.4 Å². The Morgan fingerprint density at radius 1 is 1.21 bits per heavy atom. The second kappa shape index (κ2) is 4.26. The second-order valence-electron chi connectivity index (χ2n) is 2.90. The minimum atomic E-state index is -1.48. The molecule has 14 heavy (non-hydrogen) atoms. The Morgan fingerprint density at radius 3 is 2.43 bits per heavy atom. The summed E-state index contributed by atoms with van der Waals surface area (Å²) >= 11 is 0. The Bertz CT molecular complexity index is 372. The van der Waals surface area contributed by atoms with E-state index in [0.717, 1.165) is 12.1 Å². The Morgan fingerprint density at radius 2 is 1.86 bits per heavy atom. The highest BCUT2D eigenvalue weighted by Crippen LogP contribution is 2.22. The van der Waals surface area contributed by atoms with E-state index >= 15 is 0 Å². The number of aliphatic imine (C=N–C) groups is 1. The fourth-order valence-corrected chi connectivity index (χ4v) is 0.887. The molecule has 1 rings (SSSR count). The molecule has 0 spiro atoms. The fraction of sp³-hybridized carbons (Fsp3) is 0.300. The van der Waals surface area contributed by atoms with Crippen molar-refractivity contribution in [2.45, 2.75) is 20.3 Å². The molecule has 4 heteroatoms. The first-order chi connectivity index (χ1) is 6.56. The number of halogens is 3. The van der Waals surface area contributed by atoms with Gasteiger partial charge in [-0.3, -0.25) is 4.99 Å². The van der Waals surface area contributed by atoms with Gasteiger partial charge < -0.3 is 0 Å². The smallest absolute Gasteiger partial charge is 0.196 e. The van der Waals surface area contributed by atoms with E-state index in [2.05, 4.69) is 4.99 Å². The molecule has 0 amide bonds. The molecule has 0 atom stereocenters. The third-order valence-corrected chi connectivity index (χ3v) is 1.84. The highest BCUT2D eigenvalue weighted by atomic mass is 19.2. The molecular weight excluding hydrogens is 191 g/mol. The predicted molar refractivity (Wildman–Crippen MR) is 49.4 cm³/mol. The largest absolute Gasteiger partial charge is 0.255 e. The Labute approximate surface area is 80.3 Å². The zero-order valence-corrected chi connectivity index (χ0v) is 7.94. The molecule has 1 nitrogen and oxygen atoms in total. The average molecular weight is 201 g/mol. The van der Waals surface area contributed by atoms with Gasteiger partial charge in [-0.25, -0.2) is 13.2 Å². The lowest BCUT2D eigenvalue weighted by molar-refractivity contribution is 0.448. The minimum absolute atomic E-state index is 0.164. The van der Waals surface area contributed by atoms with Crippen LogP contribution in [0.1, 0.15) is 20.3 Å². The first-order valence-electron chi connectivity index (χ1n) is 4.24. The van der Waals surface area contributed by atoms with Crippen molar-refractivity contribution in [3.05, 3.63) is 29.6 Å². The van der Waals surface area contributed by atoms with Crippen molar-refractivity contribution in [2.75, 3.05) is 0 Å². The van der Waals surface area contributed by atoms with Crippen LogP contribution in [0.5, 0.6) is 0 Å². The average Bonchev–Trinajstić information content (AvgIpc) is 2.19. The van der Waals surface area contributed by atoms with E-state index in [4.69, 9.17) is 0 Å². The van der Waals surface area contributed by atoms with Crippen molar-refractivity contribution in [3.63, 3.8) is 0 Å². The van der Waals surface area contributed by atoms with Gasteiger partial charge >= 0.3 is 0 Å². The highest BCUT2D eigenvalue weighted by molar-refractivity contribution is 5.84. The first kappa shape index (κ1) is 10.8. The molecule has 0 aliphatic carbocycles. The molecule has 0 saturated carbocycles. The molecule has 0 aliphatic heterocycles. The highest BCUT2D eigenvalue weighted by Gasteiger charge is 2.12.